The van der Waals surface area contributed by atoms with Crippen molar-refractivity contribution in [2.45, 2.75) is 26.2 Å². The second-order valence-electron chi connectivity index (χ2n) is 11.8. The molecule has 6 aromatic carbocycles. The van der Waals surface area contributed by atoms with E-state index in [1.807, 2.05) is 91.0 Å². The summed E-state index contributed by atoms with van der Waals surface area (Å²) in [6.45, 7) is 2.57. The number of rotatable bonds is 17. The van der Waals surface area contributed by atoms with Gasteiger partial charge >= 0.3 is 0 Å². The first-order chi connectivity index (χ1) is 24.7. The minimum atomic E-state index is 0.468. The molecule has 0 aromatic heterocycles. The minimum Gasteiger partial charge on any atom is -0.491 e. The van der Waals surface area contributed by atoms with Gasteiger partial charge in [0.2, 0.25) is 0 Å². The van der Waals surface area contributed by atoms with Gasteiger partial charge in [-0.3, -0.25) is 0 Å². The van der Waals surface area contributed by atoms with Crippen LogP contribution in [0.2, 0.25) is 0 Å². The Balaban J connectivity index is 1.22. The molecule has 4 nitrogen and oxygen atoms in total. The van der Waals surface area contributed by atoms with Crippen LogP contribution >= 0.6 is 11.6 Å². The topological polar surface area (TPSA) is 36.9 Å². The molecule has 0 bridgehead atoms. The van der Waals surface area contributed by atoms with E-state index in [4.69, 9.17) is 30.5 Å². The van der Waals surface area contributed by atoms with Crippen molar-refractivity contribution < 1.29 is 18.9 Å². The van der Waals surface area contributed by atoms with Crippen LogP contribution in [-0.2, 0) is 24.6 Å². The molecule has 6 aromatic rings. The first kappa shape index (κ1) is 34.6. The lowest BCUT2D eigenvalue weighted by Gasteiger charge is -2.18. The smallest absolute Gasteiger partial charge is 0.119 e. The van der Waals surface area contributed by atoms with Crippen molar-refractivity contribution in [3.8, 4) is 17.2 Å². The summed E-state index contributed by atoms with van der Waals surface area (Å²) < 4.78 is 24.0. The first-order valence-electron chi connectivity index (χ1n) is 16.9. The van der Waals surface area contributed by atoms with E-state index in [9.17, 15) is 0 Å². The van der Waals surface area contributed by atoms with Crippen molar-refractivity contribution in [1.29, 1.82) is 0 Å². The average molecular weight is 681 g/mol. The van der Waals surface area contributed by atoms with Gasteiger partial charge in [0.05, 0.1) is 13.2 Å². The molecule has 0 fully saturated rings. The highest BCUT2D eigenvalue weighted by molar-refractivity contribution is 6.18. The van der Waals surface area contributed by atoms with Crippen molar-refractivity contribution in [3.05, 3.63) is 197 Å². The predicted octanol–water partition coefficient (Wildman–Crippen LogP) is 11.0. The van der Waals surface area contributed by atoms with Gasteiger partial charge in [0, 0.05) is 5.88 Å². The molecule has 6 rings (SSSR count). The van der Waals surface area contributed by atoms with Gasteiger partial charge in [-0.05, 0) is 87.3 Å². The molecule has 0 radical (unpaired) electrons. The Kier molecular flexibility index (Phi) is 12.8. The molecule has 0 saturated carbocycles. The van der Waals surface area contributed by atoms with Gasteiger partial charge < -0.3 is 18.9 Å². The highest BCUT2D eigenvalue weighted by Crippen LogP contribution is 2.37. The lowest BCUT2D eigenvalue weighted by molar-refractivity contribution is 0.0889. The third-order valence-electron chi connectivity index (χ3n) is 8.24. The van der Waals surface area contributed by atoms with Crippen LogP contribution in [0.3, 0.4) is 0 Å². The van der Waals surface area contributed by atoms with Crippen molar-refractivity contribution in [2.75, 3.05) is 19.1 Å². The summed E-state index contributed by atoms with van der Waals surface area (Å²) in [7, 11) is 0. The third kappa shape index (κ3) is 10.1. The standard InChI is InChI=1S/C45H41ClO4/c46-29-28-44(38-16-22-42(23-17-38)49-33-36-12-6-2-7-13-36)45(40-20-26-43(27-21-40)50-34-37-14-8-3-9-15-37)39-18-24-41(25-19-39)48-31-30-47-32-35-10-4-1-5-11-35/h1-27H,28-34H2/b45-44+. The quantitative estimate of drug-likeness (QED) is 0.0546. The number of alkyl halides is 1. The summed E-state index contributed by atoms with van der Waals surface area (Å²) in [6.07, 6.45) is 0.685. The summed E-state index contributed by atoms with van der Waals surface area (Å²) >= 11 is 6.48. The van der Waals surface area contributed by atoms with E-state index in [2.05, 4.69) is 72.8 Å². The summed E-state index contributed by atoms with van der Waals surface area (Å²) in [5, 5.41) is 0. The fourth-order valence-corrected chi connectivity index (χ4v) is 5.86. The molecule has 0 atom stereocenters. The highest BCUT2D eigenvalue weighted by Gasteiger charge is 2.15. The fourth-order valence-electron chi connectivity index (χ4n) is 5.68. The van der Waals surface area contributed by atoms with Crippen LogP contribution < -0.4 is 14.2 Å². The lowest BCUT2D eigenvalue weighted by Crippen LogP contribution is -2.06. The zero-order valence-corrected chi connectivity index (χ0v) is 28.8. The lowest BCUT2D eigenvalue weighted by atomic mass is 9.88. The fraction of sp³-hybridized carbons (Fsp3) is 0.156. The Bertz CT molecular complexity index is 1890. The molecule has 252 valence electrons. The molecule has 0 amide bonds. The van der Waals surface area contributed by atoms with E-state index in [-0.39, 0.29) is 0 Å². The molecular weight excluding hydrogens is 640 g/mol. The minimum absolute atomic E-state index is 0.468. The molecule has 0 unspecified atom stereocenters. The van der Waals surface area contributed by atoms with Gasteiger partial charge in [-0.2, -0.15) is 0 Å². The number of ether oxygens (including phenoxy) is 4. The zero-order valence-electron chi connectivity index (χ0n) is 28.0. The highest BCUT2D eigenvalue weighted by atomic mass is 35.5. The zero-order chi connectivity index (χ0) is 34.2. The maximum Gasteiger partial charge on any atom is 0.119 e. The molecule has 0 heterocycles. The number of hydrogen-bond donors (Lipinski definition) is 0. The van der Waals surface area contributed by atoms with Gasteiger partial charge in [-0.25, -0.2) is 0 Å². The number of halogens is 1. The maximum absolute atomic E-state index is 6.48. The summed E-state index contributed by atoms with van der Waals surface area (Å²) in [5.74, 6) is 2.90. The van der Waals surface area contributed by atoms with Crippen LogP contribution in [0, 0.1) is 0 Å². The van der Waals surface area contributed by atoms with Gasteiger partial charge in [-0.15, -0.1) is 11.6 Å². The van der Waals surface area contributed by atoms with Crippen LogP contribution in [-0.4, -0.2) is 19.1 Å². The largest absolute Gasteiger partial charge is 0.491 e. The number of hydrogen-bond acceptors (Lipinski definition) is 4. The van der Waals surface area contributed by atoms with E-state index in [1.54, 1.807) is 0 Å². The Morgan fingerprint density at radius 3 is 1.24 bits per heavy atom. The number of allylic oxidation sites excluding steroid dienone is 1. The second-order valence-corrected chi connectivity index (χ2v) is 12.2. The van der Waals surface area contributed by atoms with E-state index < -0.39 is 0 Å². The Hall–Kier alpha value is -5.29. The SMILES string of the molecule is ClCC/C(=C(/c1ccc(OCCOCc2ccccc2)cc1)c1ccc(OCc2ccccc2)cc1)c1ccc(OCc2ccccc2)cc1. The molecule has 0 N–H and O–H groups in total. The Morgan fingerprint density at radius 1 is 0.400 bits per heavy atom. The summed E-state index contributed by atoms with van der Waals surface area (Å²) in [5.41, 5.74) is 8.89. The molecule has 0 aliphatic carbocycles. The maximum atomic E-state index is 6.48. The van der Waals surface area contributed by atoms with Crippen molar-refractivity contribution in [1.82, 2.24) is 0 Å². The Labute approximate surface area is 300 Å². The predicted molar refractivity (Wildman–Crippen MR) is 204 cm³/mol. The summed E-state index contributed by atoms with van der Waals surface area (Å²) in [4.78, 5) is 0. The van der Waals surface area contributed by atoms with Gasteiger partial charge in [-0.1, -0.05) is 127 Å². The molecule has 5 heteroatoms. The van der Waals surface area contributed by atoms with Crippen molar-refractivity contribution in [2.24, 2.45) is 0 Å². The molecule has 0 aliphatic rings. The average Bonchev–Trinajstić information content (AvgIpc) is 3.18. The van der Waals surface area contributed by atoms with E-state index in [0.29, 0.717) is 45.3 Å². The van der Waals surface area contributed by atoms with E-state index >= 15 is 0 Å². The van der Waals surface area contributed by atoms with Crippen molar-refractivity contribution >= 4 is 22.7 Å². The Morgan fingerprint density at radius 2 is 0.800 bits per heavy atom. The third-order valence-corrected chi connectivity index (χ3v) is 8.43. The van der Waals surface area contributed by atoms with Gasteiger partial charge in [0.15, 0.2) is 0 Å². The van der Waals surface area contributed by atoms with Crippen LogP contribution in [0.25, 0.3) is 11.1 Å². The molecular formula is C45H41ClO4. The van der Waals surface area contributed by atoms with Crippen LogP contribution in [0.1, 0.15) is 39.8 Å². The van der Waals surface area contributed by atoms with Crippen LogP contribution in [0.15, 0.2) is 164 Å². The second kappa shape index (κ2) is 18.5. The normalized spacial score (nSPS) is 11.5. The molecule has 0 aliphatic heterocycles. The van der Waals surface area contributed by atoms with Gasteiger partial charge in [0.1, 0.15) is 37.1 Å². The van der Waals surface area contributed by atoms with Crippen LogP contribution in [0.5, 0.6) is 17.2 Å². The van der Waals surface area contributed by atoms with Crippen LogP contribution in [0.4, 0.5) is 0 Å². The number of benzene rings is 6. The monoisotopic (exact) mass is 680 g/mol. The molecule has 0 spiro atoms. The van der Waals surface area contributed by atoms with E-state index in [0.717, 1.165) is 61.8 Å². The molecule has 0 saturated heterocycles. The summed E-state index contributed by atoms with van der Waals surface area (Å²) in [6, 6.07) is 55.4. The molecule has 50 heavy (non-hydrogen) atoms. The van der Waals surface area contributed by atoms with Crippen molar-refractivity contribution in [3.63, 3.8) is 0 Å². The van der Waals surface area contributed by atoms with E-state index in [1.165, 1.54) is 0 Å². The van der Waals surface area contributed by atoms with Gasteiger partial charge in [0.25, 0.3) is 0 Å². The first-order valence-corrected chi connectivity index (χ1v) is 17.5.